The second kappa shape index (κ2) is 7.89. The number of carbonyl (C=O) groups excluding carboxylic acids is 1. The normalized spacial score (nSPS) is 11.6. The molecule has 2 aromatic carbocycles. The van der Waals surface area contributed by atoms with Gasteiger partial charge in [-0.2, -0.15) is 12.7 Å². The zero-order valence-electron chi connectivity index (χ0n) is 15.8. The third kappa shape index (κ3) is 3.57. The maximum absolute atomic E-state index is 14.0. The van der Waals surface area contributed by atoms with Crippen LogP contribution in [0, 0.1) is 5.82 Å². The van der Waals surface area contributed by atoms with Crippen molar-refractivity contribution < 1.29 is 17.6 Å². The number of primary amides is 1. The highest BCUT2D eigenvalue weighted by atomic mass is 35.5. The third-order valence-corrected chi connectivity index (χ3v) is 7.90. The van der Waals surface area contributed by atoms with E-state index in [2.05, 4.69) is 4.98 Å². The van der Waals surface area contributed by atoms with E-state index in [-0.39, 0.29) is 25.4 Å². The van der Waals surface area contributed by atoms with Gasteiger partial charge in [0.15, 0.2) is 10.0 Å². The van der Waals surface area contributed by atoms with Crippen molar-refractivity contribution in [2.45, 2.75) is 4.21 Å². The summed E-state index contributed by atoms with van der Waals surface area (Å²) in [4.78, 5) is 39.7. The van der Waals surface area contributed by atoms with Crippen LogP contribution in [0.2, 0.25) is 4.34 Å². The Balaban J connectivity index is 1.82. The number of benzene rings is 2. The first kappa shape index (κ1) is 21.7. The molecule has 0 bridgehead atoms. The number of nitrogens with zero attached hydrogens (tertiary/aromatic N) is 2. The van der Waals surface area contributed by atoms with Crippen LogP contribution in [0.5, 0.6) is 0 Å². The number of aromatic nitrogens is 2. The first-order chi connectivity index (χ1) is 15.1. The van der Waals surface area contributed by atoms with Crippen LogP contribution in [0.25, 0.3) is 16.6 Å². The monoisotopic (exact) mass is 494 g/mol. The Morgan fingerprint density at radius 1 is 1.12 bits per heavy atom. The number of halogens is 2. The Morgan fingerprint density at radius 3 is 2.38 bits per heavy atom. The largest absolute Gasteiger partial charge is 0.350 e. The van der Waals surface area contributed by atoms with Crippen LogP contribution in [-0.2, 0) is 10.0 Å². The number of sulfonamides is 1. The van der Waals surface area contributed by atoms with Crippen LogP contribution in [0.4, 0.5) is 14.9 Å². The minimum atomic E-state index is -4.70. The smallest absolute Gasteiger partial charge is 0.333 e. The molecule has 0 aliphatic carbocycles. The molecule has 3 N–H and O–H groups in total. The lowest BCUT2D eigenvalue weighted by atomic mass is 10.2. The Labute approximate surface area is 188 Å². The summed E-state index contributed by atoms with van der Waals surface area (Å²) in [5.74, 6) is -1.13. The summed E-state index contributed by atoms with van der Waals surface area (Å²) in [7, 11) is -4.70. The van der Waals surface area contributed by atoms with E-state index >= 15 is 0 Å². The number of H-pyrrole nitrogens is 1. The standard InChI is InChI=1S/C19H12ClFN4O5S2/c20-15-9-13(21)17(31-15)32(29,30)25(18(22)27)11-7-5-10(6-8-11)24-16(26)12-3-1-2-4-14(12)23-19(24)28/h1-9H,(H2,22,27)(H,23,28). The molecule has 4 aromatic rings. The SMILES string of the molecule is NC(=O)N(c1ccc(-n2c(=O)[nH]c3ccccc3c2=O)cc1)S(=O)(=O)c1sc(Cl)cc1F. The third-order valence-electron chi connectivity index (χ3n) is 4.45. The van der Waals surface area contributed by atoms with Gasteiger partial charge in [0.1, 0.15) is 0 Å². The van der Waals surface area contributed by atoms with E-state index in [4.69, 9.17) is 17.3 Å². The predicted octanol–water partition coefficient (Wildman–Crippen LogP) is 2.81. The van der Waals surface area contributed by atoms with Crippen molar-refractivity contribution in [1.29, 1.82) is 0 Å². The molecule has 13 heteroatoms. The highest BCUT2D eigenvalue weighted by Gasteiger charge is 2.34. The molecular formula is C19H12ClFN4O5S2. The number of nitrogens with one attached hydrogen (secondary N) is 1. The summed E-state index contributed by atoms with van der Waals surface area (Å²) in [6, 6.07) is 10.7. The van der Waals surface area contributed by atoms with Gasteiger partial charge in [0.2, 0.25) is 0 Å². The van der Waals surface area contributed by atoms with E-state index in [9.17, 15) is 27.2 Å². The zero-order valence-corrected chi connectivity index (χ0v) is 18.2. The van der Waals surface area contributed by atoms with Gasteiger partial charge in [-0.15, -0.1) is 11.3 Å². The van der Waals surface area contributed by atoms with Crippen molar-refractivity contribution in [2.75, 3.05) is 4.31 Å². The predicted molar refractivity (Wildman–Crippen MR) is 119 cm³/mol. The van der Waals surface area contributed by atoms with E-state index < -0.39 is 37.3 Å². The van der Waals surface area contributed by atoms with Gasteiger partial charge >= 0.3 is 11.7 Å². The second-order valence-electron chi connectivity index (χ2n) is 6.43. The number of rotatable bonds is 4. The molecule has 0 atom stereocenters. The number of hydrogen-bond acceptors (Lipinski definition) is 6. The summed E-state index contributed by atoms with van der Waals surface area (Å²) in [6.45, 7) is 0. The topological polar surface area (TPSA) is 135 Å². The molecule has 4 rings (SSSR count). The lowest BCUT2D eigenvalue weighted by Gasteiger charge is -2.20. The van der Waals surface area contributed by atoms with Gasteiger partial charge in [-0.3, -0.25) is 4.79 Å². The summed E-state index contributed by atoms with van der Waals surface area (Å²) in [5.41, 5.74) is 4.19. The van der Waals surface area contributed by atoms with Gasteiger partial charge < -0.3 is 10.7 Å². The number of hydrogen-bond donors (Lipinski definition) is 2. The van der Waals surface area contributed by atoms with Crippen LogP contribution in [0.3, 0.4) is 0 Å². The van der Waals surface area contributed by atoms with E-state index in [1.54, 1.807) is 24.3 Å². The molecule has 0 spiro atoms. The van der Waals surface area contributed by atoms with Gasteiger partial charge in [-0.05, 0) is 36.4 Å². The summed E-state index contributed by atoms with van der Waals surface area (Å²) >= 11 is 6.11. The first-order valence-electron chi connectivity index (χ1n) is 8.75. The number of amides is 2. The molecule has 9 nitrogen and oxygen atoms in total. The number of aromatic amines is 1. The number of anilines is 1. The van der Waals surface area contributed by atoms with E-state index in [0.29, 0.717) is 16.9 Å². The van der Waals surface area contributed by atoms with Crippen LogP contribution >= 0.6 is 22.9 Å². The van der Waals surface area contributed by atoms with Gasteiger partial charge in [0, 0.05) is 6.07 Å². The van der Waals surface area contributed by atoms with Crippen molar-refractivity contribution in [1.82, 2.24) is 9.55 Å². The van der Waals surface area contributed by atoms with Gasteiger partial charge in [-0.1, -0.05) is 23.7 Å². The average Bonchev–Trinajstić information content (AvgIpc) is 3.08. The van der Waals surface area contributed by atoms with E-state index in [1.807, 2.05) is 0 Å². The lowest BCUT2D eigenvalue weighted by Crippen LogP contribution is -2.40. The number of nitrogens with two attached hydrogens (primary N) is 1. The molecule has 2 aromatic heterocycles. The fraction of sp³-hybridized carbons (Fsp3) is 0. The number of urea groups is 1. The van der Waals surface area contributed by atoms with Crippen molar-refractivity contribution in [3.8, 4) is 5.69 Å². The first-order valence-corrected chi connectivity index (χ1v) is 11.4. The molecule has 0 unspecified atom stereocenters. The molecule has 0 aliphatic rings. The van der Waals surface area contributed by atoms with Crippen LogP contribution in [0.15, 0.2) is 68.4 Å². The molecule has 0 radical (unpaired) electrons. The van der Waals surface area contributed by atoms with Crippen LogP contribution < -0.4 is 21.3 Å². The fourth-order valence-corrected chi connectivity index (χ4v) is 6.08. The summed E-state index contributed by atoms with van der Waals surface area (Å²) in [5, 5.41) is 0.266. The maximum atomic E-state index is 14.0. The van der Waals surface area contributed by atoms with Crippen molar-refractivity contribution >= 4 is 55.6 Å². The second-order valence-corrected chi connectivity index (χ2v) is 10.1. The van der Waals surface area contributed by atoms with Gasteiger partial charge in [0.25, 0.3) is 15.6 Å². The number of para-hydroxylation sites is 1. The number of fused-ring (bicyclic) bond motifs is 1. The molecule has 2 heterocycles. The van der Waals surface area contributed by atoms with E-state index in [0.717, 1.165) is 22.8 Å². The van der Waals surface area contributed by atoms with Crippen molar-refractivity contribution in [3.05, 3.63) is 85.6 Å². The molecular weight excluding hydrogens is 483 g/mol. The molecule has 0 aliphatic heterocycles. The van der Waals surface area contributed by atoms with Gasteiger partial charge in [0.05, 0.1) is 26.6 Å². The van der Waals surface area contributed by atoms with Crippen molar-refractivity contribution in [2.24, 2.45) is 5.73 Å². The highest BCUT2D eigenvalue weighted by Crippen LogP contribution is 2.33. The minimum absolute atomic E-state index is 0.109. The molecule has 0 saturated heterocycles. The summed E-state index contributed by atoms with van der Waals surface area (Å²) < 4.78 is 39.9. The quantitative estimate of drug-likeness (QED) is 0.449. The molecule has 0 fully saturated rings. The minimum Gasteiger partial charge on any atom is -0.350 e. The average molecular weight is 495 g/mol. The maximum Gasteiger partial charge on any atom is 0.333 e. The van der Waals surface area contributed by atoms with E-state index in [1.165, 1.54) is 12.1 Å². The van der Waals surface area contributed by atoms with Crippen molar-refractivity contribution in [3.63, 3.8) is 0 Å². The Bertz CT molecular complexity index is 1590. The molecule has 2 amide bonds. The Kier molecular flexibility index (Phi) is 5.36. The lowest BCUT2D eigenvalue weighted by molar-refractivity contribution is 0.257. The molecule has 0 saturated carbocycles. The number of carbonyl (C=O) groups is 1. The summed E-state index contributed by atoms with van der Waals surface area (Å²) in [6.07, 6.45) is 0. The Morgan fingerprint density at radius 2 is 1.78 bits per heavy atom. The van der Waals surface area contributed by atoms with Gasteiger partial charge in [-0.25, -0.2) is 18.5 Å². The van der Waals surface area contributed by atoms with Crippen LogP contribution in [-0.4, -0.2) is 24.0 Å². The number of thiophene rings is 1. The van der Waals surface area contributed by atoms with Crippen LogP contribution in [0.1, 0.15) is 0 Å². The zero-order chi connectivity index (χ0) is 23.2. The molecule has 164 valence electrons. The molecule has 32 heavy (non-hydrogen) atoms. The fourth-order valence-electron chi connectivity index (χ4n) is 3.10. The highest BCUT2D eigenvalue weighted by molar-refractivity contribution is 7.95. The Hall–Kier alpha value is -3.48.